The summed E-state index contributed by atoms with van der Waals surface area (Å²) in [5.74, 6) is 0. The van der Waals surface area contributed by atoms with E-state index in [1.165, 1.54) is 0 Å². The zero-order valence-corrected chi connectivity index (χ0v) is 17.1. The van der Waals surface area contributed by atoms with Crippen molar-refractivity contribution < 1.29 is 0 Å². The monoisotopic (exact) mass is 443 g/mol. The highest BCUT2D eigenvalue weighted by Crippen LogP contribution is 2.26. The number of hydrogen-bond acceptors (Lipinski definition) is 4. The largest absolute Gasteiger partial charge is 0.322 e. The predicted octanol–water partition coefficient (Wildman–Crippen LogP) is 4.55. The van der Waals surface area contributed by atoms with E-state index in [1.807, 2.05) is 60.3 Å². The minimum absolute atomic E-state index is 0. The molecular formula is C20H19BrClN5. The lowest BCUT2D eigenvalue weighted by Gasteiger charge is -2.16. The molecule has 0 amide bonds. The Morgan fingerprint density at radius 2 is 1.89 bits per heavy atom. The van der Waals surface area contributed by atoms with Crippen molar-refractivity contribution >= 4 is 39.2 Å². The molecule has 138 valence electrons. The van der Waals surface area contributed by atoms with Gasteiger partial charge in [-0.25, -0.2) is 4.68 Å². The highest BCUT2D eigenvalue weighted by atomic mass is 79.9. The van der Waals surface area contributed by atoms with Crippen LogP contribution in [0.5, 0.6) is 0 Å². The van der Waals surface area contributed by atoms with E-state index in [0.717, 1.165) is 38.0 Å². The molecule has 0 fully saturated rings. The number of benzene rings is 1. The van der Waals surface area contributed by atoms with Gasteiger partial charge in [0.15, 0.2) is 0 Å². The molecule has 0 aliphatic carbocycles. The summed E-state index contributed by atoms with van der Waals surface area (Å²) in [6, 6.07) is 13.7. The standard InChI is InChI=1S/C20H18BrN5.ClH/c1-13-4-2-8-23-17(13)11-16(22)20-19(5-3-9-24-20)26-18-7-6-15(21)10-14(18)12-25-26;/h2-10,12,16H,11,22H2,1H3;1H/t16-;/m0./s1. The van der Waals surface area contributed by atoms with Crippen molar-refractivity contribution in [3.63, 3.8) is 0 Å². The molecule has 0 aliphatic heterocycles. The van der Waals surface area contributed by atoms with Crippen molar-refractivity contribution in [1.82, 2.24) is 19.7 Å². The molecule has 0 radical (unpaired) electrons. The fourth-order valence-corrected chi connectivity index (χ4v) is 3.49. The molecule has 4 rings (SSSR count). The Morgan fingerprint density at radius 3 is 2.70 bits per heavy atom. The zero-order chi connectivity index (χ0) is 18.1. The van der Waals surface area contributed by atoms with E-state index >= 15 is 0 Å². The Hall–Kier alpha value is -2.28. The maximum Gasteiger partial charge on any atom is 0.0884 e. The van der Waals surface area contributed by atoms with E-state index in [9.17, 15) is 0 Å². The van der Waals surface area contributed by atoms with E-state index in [1.54, 1.807) is 12.4 Å². The van der Waals surface area contributed by atoms with Gasteiger partial charge in [-0.2, -0.15) is 5.10 Å². The molecule has 2 N–H and O–H groups in total. The Labute approximate surface area is 172 Å². The number of nitrogens with two attached hydrogens (primary N) is 1. The van der Waals surface area contributed by atoms with Gasteiger partial charge in [0.2, 0.25) is 0 Å². The van der Waals surface area contributed by atoms with Crippen molar-refractivity contribution in [2.75, 3.05) is 0 Å². The normalized spacial score (nSPS) is 12.0. The number of halogens is 2. The number of aromatic nitrogens is 4. The molecule has 0 spiro atoms. The van der Waals surface area contributed by atoms with E-state index in [0.29, 0.717) is 6.42 Å². The van der Waals surface area contributed by atoms with Crippen LogP contribution < -0.4 is 5.73 Å². The van der Waals surface area contributed by atoms with Gasteiger partial charge in [-0.15, -0.1) is 12.4 Å². The minimum atomic E-state index is -0.269. The lowest BCUT2D eigenvalue weighted by Crippen LogP contribution is -2.19. The van der Waals surface area contributed by atoms with Crippen LogP contribution in [0.4, 0.5) is 0 Å². The van der Waals surface area contributed by atoms with Gasteiger partial charge in [0.1, 0.15) is 0 Å². The van der Waals surface area contributed by atoms with Crippen molar-refractivity contribution in [3.8, 4) is 5.69 Å². The molecule has 0 aliphatic rings. The quantitative estimate of drug-likeness (QED) is 0.501. The maximum atomic E-state index is 6.52. The fourth-order valence-electron chi connectivity index (χ4n) is 3.11. The SMILES string of the molecule is Cc1cccnc1C[C@H](N)c1ncccc1-n1ncc2cc(Br)ccc21.Cl. The summed E-state index contributed by atoms with van der Waals surface area (Å²) in [6.45, 7) is 2.05. The van der Waals surface area contributed by atoms with Gasteiger partial charge in [0, 0.05) is 34.4 Å². The van der Waals surface area contributed by atoms with Crippen molar-refractivity contribution in [3.05, 3.63) is 82.5 Å². The van der Waals surface area contributed by atoms with Gasteiger partial charge in [0.05, 0.1) is 29.1 Å². The van der Waals surface area contributed by atoms with Crippen LogP contribution in [0, 0.1) is 6.92 Å². The molecule has 0 saturated carbocycles. The van der Waals surface area contributed by atoms with Gasteiger partial charge in [-0.1, -0.05) is 22.0 Å². The summed E-state index contributed by atoms with van der Waals surface area (Å²) in [5, 5.41) is 5.62. The topological polar surface area (TPSA) is 69.6 Å². The second-order valence-corrected chi connectivity index (χ2v) is 7.16. The summed E-state index contributed by atoms with van der Waals surface area (Å²) in [4.78, 5) is 9.02. The summed E-state index contributed by atoms with van der Waals surface area (Å²) >= 11 is 3.50. The number of aryl methyl sites for hydroxylation is 1. The first-order valence-corrected chi connectivity index (χ1v) is 9.17. The fraction of sp³-hybridized carbons (Fsp3) is 0.150. The number of nitrogens with zero attached hydrogens (tertiary/aromatic N) is 4. The number of fused-ring (bicyclic) bond motifs is 1. The molecule has 0 bridgehead atoms. The first-order valence-electron chi connectivity index (χ1n) is 8.38. The molecule has 0 unspecified atom stereocenters. The Bertz CT molecular complexity index is 1080. The van der Waals surface area contributed by atoms with Crippen LogP contribution >= 0.6 is 28.3 Å². The van der Waals surface area contributed by atoms with Gasteiger partial charge in [-0.3, -0.25) is 9.97 Å². The molecule has 1 aromatic carbocycles. The average Bonchev–Trinajstić information content (AvgIpc) is 3.06. The van der Waals surface area contributed by atoms with Gasteiger partial charge >= 0.3 is 0 Å². The minimum Gasteiger partial charge on any atom is -0.322 e. The summed E-state index contributed by atoms with van der Waals surface area (Å²) in [5.41, 5.74) is 11.4. The molecular weight excluding hydrogens is 426 g/mol. The van der Waals surface area contributed by atoms with E-state index in [-0.39, 0.29) is 18.4 Å². The predicted molar refractivity (Wildman–Crippen MR) is 113 cm³/mol. The van der Waals surface area contributed by atoms with Crippen molar-refractivity contribution in [1.29, 1.82) is 0 Å². The van der Waals surface area contributed by atoms with Crippen molar-refractivity contribution in [2.24, 2.45) is 5.73 Å². The molecule has 0 saturated heterocycles. The summed E-state index contributed by atoms with van der Waals surface area (Å²) in [7, 11) is 0. The van der Waals surface area contributed by atoms with Crippen molar-refractivity contribution in [2.45, 2.75) is 19.4 Å². The van der Waals surface area contributed by atoms with E-state index < -0.39 is 0 Å². The highest BCUT2D eigenvalue weighted by molar-refractivity contribution is 9.10. The molecule has 27 heavy (non-hydrogen) atoms. The smallest absolute Gasteiger partial charge is 0.0884 e. The van der Waals surface area contributed by atoms with Crippen LogP contribution in [-0.2, 0) is 6.42 Å². The summed E-state index contributed by atoms with van der Waals surface area (Å²) < 4.78 is 2.92. The zero-order valence-electron chi connectivity index (χ0n) is 14.7. The van der Waals surface area contributed by atoms with E-state index in [4.69, 9.17) is 5.73 Å². The Morgan fingerprint density at radius 1 is 1.11 bits per heavy atom. The number of hydrogen-bond donors (Lipinski definition) is 1. The Kier molecular flexibility index (Phi) is 5.89. The Balaban J connectivity index is 0.00000210. The lowest BCUT2D eigenvalue weighted by atomic mass is 10.0. The van der Waals surface area contributed by atoms with Crippen LogP contribution in [0.3, 0.4) is 0 Å². The van der Waals surface area contributed by atoms with Crippen LogP contribution in [0.1, 0.15) is 23.0 Å². The first-order chi connectivity index (χ1) is 12.6. The van der Waals surface area contributed by atoms with Gasteiger partial charge in [0.25, 0.3) is 0 Å². The molecule has 1 atom stereocenters. The van der Waals surface area contributed by atoms with E-state index in [2.05, 4.69) is 31.0 Å². The van der Waals surface area contributed by atoms with Crippen LogP contribution in [-0.4, -0.2) is 19.7 Å². The average molecular weight is 445 g/mol. The second kappa shape index (κ2) is 8.17. The van der Waals surface area contributed by atoms with Gasteiger partial charge < -0.3 is 5.73 Å². The molecule has 3 aromatic heterocycles. The molecule has 5 nitrogen and oxygen atoms in total. The number of pyridine rings is 2. The highest BCUT2D eigenvalue weighted by Gasteiger charge is 2.17. The second-order valence-electron chi connectivity index (χ2n) is 6.24. The first kappa shape index (κ1) is 19.5. The van der Waals surface area contributed by atoms with Crippen LogP contribution in [0.25, 0.3) is 16.6 Å². The number of rotatable bonds is 4. The summed E-state index contributed by atoms with van der Waals surface area (Å²) in [6.07, 6.45) is 6.05. The molecule has 3 heterocycles. The van der Waals surface area contributed by atoms with Gasteiger partial charge in [-0.05, 0) is 48.9 Å². The third kappa shape index (κ3) is 3.88. The third-order valence-corrected chi connectivity index (χ3v) is 4.95. The third-order valence-electron chi connectivity index (χ3n) is 4.46. The molecule has 4 aromatic rings. The van der Waals surface area contributed by atoms with Crippen LogP contribution in [0.15, 0.2) is 65.5 Å². The molecule has 7 heteroatoms. The maximum absolute atomic E-state index is 6.52. The lowest BCUT2D eigenvalue weighted by molar-refractivity contribution is 0.669. The van der Waals surface area contributed by atoms with Crippen LogP contribution in [0.2, 0.25) is 0 Å².